The fourth-order valence-corrected chi connectivity index (χ4v) is 5.24. The van der Waals surface area contributed by atoms with Gasteiger partial charge in [-0.25, -0.2) is 0 Å². The summed E-state index contributed by atoms with van der Waals surface area (Å²) in [5.41, 5.74) is 0.651. The lowest BCUT2D eigenvalue weighted by Gasteiger charge is -2.21. The maximum absolute atomic E-state index is 5.82. The molecule has 0 aliphatic rings. The lowest BCUT2D eigenvalue weighted by atomic mass is 10.0. The molecule has 1 atom stereocenters. The average molecular weight is 359 g/mol. The molecule has 0 aromatic carbocycles. The summed E-state index contributed by atoms with van der Waals surface area (Å²) in [4.78, 5) is 0. The van der Waals surface area contributed by atoms with Crippen molar-refractivity contribution in [1.82, 2.24) is 0 Å². The summed E-state index contributed by atoms with van der Waals surface area (Å²) in [6, 6.07) is 0. The van der Waals surface area contributed by atoms with Crippen molar-refractivity contribution >= 4 is 9.28 Å². The highest BCUT2D eigenvalue weighted by Crippen LogP contribution is 2.21. The molecule has 0 bridgehead atoms. The zero-order valence-corrected chi connectivity index (χ0v) is 18.4. The van der Waals surface area contributed by atoms with Gasteiger partial charge >= 0.3 is 9.28 Å². The number of unbranched alkanes of at least 4 members (excludes halogenated alkanes) is 12. The molecule has 0 radical (unpaired) electrons. The maximum atomic E-state index is 5.82. The van der Waals surface area contributed by atoms with Crippen molar-refractivity contribution in [1.29, 1.82) is 0 Å². The van der Waals surface area contributed by atoms with Crippen LogP contribution in [0.15, 0.2) is 0 Å². The Kier molecular flexibility index (Phi) is 19.6. The molecule has 146 valence electrons. The Morgan fingerprint density at radius 3 is 1.33 bits per heavy atom. The number of rotatable bonds is 19. The van der Waals surface area contributed by atoms with Gasteiger partial charge in [-0.3, -0.25) is 0 Å². The summed E-state index contributed by atoms with van der Waals surface area (Å²) in [6.07, 6.45) is 19.8. The molecular weight excluding hydrogens is 312 g/mol. The molecule has 0 spiro atoms. The Hall–Kier alpha value is 0.137. The van der Waals surface area contributed by atoms with Crippen LogP contribution in [0.25, 0.3) is 0 Å². The fraction of sp³-hybridized carbons (Fsp3) is 1.00. The molecule has 0 N–H and O–H groups in total. The van der Waals surface area contributed by atoms with Gasteiger partial charge in [0.2, 0.25) is 0 Å². The first-order chi connectivity index (χ1) is 11.8. The summed E-state index contributed by atoms with van der Waals surface area (Å²) < 4.78 is 11.6. The molecule has 0 saturated heterocycles. The molecule has 0 aliphatic heterocycles. The second kappa shape index (κ2) is 19.5. The molecule has 0 heterocycles. The molecule has 0 fully saturated rings. The van der Waals surface area contributed by atoms with E-state index in [1.165, 1.54) is 89.9 Å². The molecule has 2 nitrogen and oxygen atoms in total. The van der Waals surface area contributed by atoms with Crippen LogP contribution < -0.4 is 0 Å². The van der Waals surface area contributed by atoms with Gasteiger partial charge in [-0.05, 0) is 25.8 Å². The first kappa shape index (κ1) is 24.1. The standard InChI is InChI=1S/C21H46O2Si/c1-5-8-9-10-11-12-13-14-15-16-17-18-19-20-21(4)24(22-6-2)23-7-3/h21,24H,5-20H2,1-4H3. The predicted octanol–water partition coefficient (Wildman–Crippen LogP) is 7.15. The van der Waals surface area contributed by atoms with E-state index in [0.29, 0.717) is 5.54 Å². The van der Waals surface area contributed by atoms with Gasteiger partial charge in [-0.2, -0.15) is 0 Å². The van der Waals surface area contributed by atoms with Crippen molar-refractivity contribution in [3.63, 3.8) is 0 Å². The van der Waals surface area contributed by atoms with Gasteiger partial charge in [0.05, 0.1) is 0 Å². The zero-order chi connectivity index (χ0) is 17.9. The van der Waals surface area contributed by atoms with Crippen LogP contribution in [0, 0.1) is 0 Å². The van der Waals surface area contributed by atoms with E-state index in [4.69, 9.17) is 8.85 Å². The Labute approximate surface area is 154 Å². The van der Waals surface area contributed by atoms with Crippen LogP contribution in [-0.2, 0) is 8.85 Å². The highest BCUT2D eigenvalue weighted by Gasteiger charge is 2.20. The Balaban J connectivity index is 3.32. The first-order valence-corrected chi connectivity index (χ1v) is 12.6. The topological polar surface area (TPSA) is 18.5 Å². The minimum atomic E-state index is -1.42. The van der Waals surface area contributed by atoms with Crippen LogP contribution in [0.1, 0.15) is 118 Å². The monoisotopic (exact) mass is 358 g/mol. The second-order valence-corrected chi connectivity index (χ2v) is 9.83. The lowest BCUT2D eigenvalue weighted by molar-refractivity contribution is 0.203. The summed E-state index contributed by atoms with van der Waals surface area (Å²) in [5, 5.41) is 0. The van der Waals surface area contributed by atoms with E-state index in [-0.39, 0.29) is 0 Å². The first-order valence-electron chi connectivity index (χ1n) is 11.0. The van der Waals surface area contributed by atoms with Crippen molar-refractivity contribution in [2.75, 3.05) is 13.2 Å². The summed E-state index contributed by atoms with van der Waals surface area (Å²) >= 11 is 0. The average Bonchev–Trinajstić information content (AvgIpc) is 2.58. The highest BCUT2D eigenvalue weighted by atomic mass is 28.3. The third kappa shape index (κ3) is 15.7. The van der Waals surface area contributed by atoms with Gasteiger partial charge in [0, 0.05) is 13.2 Å². The van der Waals surface area contributed by atoms with Gasteiger partial charge < -0.3 is 8.85 Å². The van der Waals surface area contributed by atoms with Crippen molar-refractivity contribution in [3.05, 3.63) is 0 Å². The Morgan fingerprint density at radius 1 is 0.583 bits per heavy atom. The van der Waals surface area contributed by atoms with Crippen molar-refractivity contribution in [2.24, 2.45) is 0 Å². The van der Waals surface area contributed by atoms with Crippen LogP contribution in [-0.4, -0.2) is 22.5 Å². The second-order valence-electron chi connectivity index (χ2n) is 7.29. The Morgan fingerprint density at radius 2 is 0.958 bits per heavy atom. The van der Waals surface area contributed by atoms with E-state index in [0.717, 1.165) is 13.2 Å². The van der Waals surface area contributed by atoms with E-state index in [2.05, 4.69) is 27.7 Å². The maximum Gasteiger partial charge on any atom is 0.324 e. The predicted molar refractivity (Wildman–Crippen MR) is 110 cm³/mol. The van der Waals surface area contributed by atoms with E-state index < -0.39 is 9.28 Å². The van der Waals surface area contributed by atoms with Gasteiger partial charge in [-0.15, -0.1) is 0 Å². The van der Waals surface area contributed by atoms with Crippen LogP contribution in [0.2, 0.25) is 5.54 Å². The van der Waals surface area contributed by atoms with E-state index in [1.54, 1.807) is 0 Å². The quantitative estimate of drug-likeness (QED) is 0.180. The molecule has 0 amide bonds. The zero-order valence-electron chi connectivity index (χ0n) is 17.3. The molecular formula is C21H46O2Si. The summed E-state index contributed by atoms with van der Waals surface area (Å²) in [7, 11) is -1.42. The molecule has 0 aromatic heterocycles. The van der Waals surface area contributed by atoms with Gasteiger partial charge in [-0.1, -0.05) is 97.3 Å². The van der Waals surface area contributed by atoms with Gasteiger partial charge in [0.1, 0.15) is 0 Å². The molecule has 0 rings (SSSR count). The van der Waals surface area contributed by atoms with Crippen molar-refractivity contribution in [3.8, 4) is 0 Å². The van der Waals surface area contributed by atoms with E-state index >= 15 is 0 Å². The summed E-state index contributed by atoms with van der Waals surface area (Å²) in [6.45, 7) is 10.4. The SMILES string of the molecule is CCCCCCCCCCCCCCCC(C)[SiH](OCC)OCC. The molecule has 0 aromatic rings. The van der Waals surface area contributed by atoms with Crippen LogP contribution in [0.3, 0.4) is 0 Å². The fourth-order valence-electron chi connectivity index (χ4n) is 3.33. The van der Waals surface area contributed by atoms with E-state index in [1.807, 2.05) is 0 Å². The molecule has 24 heavy (non-hydrogen) atoms. The number of hydrogen-bond donors (Lipinski definition) is 0. The molecule has 3 heteroatoms. The number of hydrogen-bond acceptors (Lipinski definition) is 2. The normalized spacial score (nSPS) is 12.9. The third-order valence-electron chi connectivity index (χ3n) is 4.89. The largest absolute Gasteiger partial charge is 0.397 e. The van der Waals surface area contributed by atoms with E-state index in [9.17, 15) is 0 Å². The highest BCUT2D eigenvalue weighted by molar-refractivity contribution is 6.46. The van der Waals surface area contributed by atoms with Gasteiger partial charge in [0.15, 0.2) is 0 Å². The van der Waals surface area contributed by atoms with Crippen LogP contribution in [0.4, 0.5) is 0 Å². The lowest BCUT2D eigenvalue weighted by Crippen LogP contribution is -2.27. The van der Waals surface area contributed by atoms with Crippen molar-refractivity contribution < 1.29 is 8.85 Å². The van der Waals surface area contributed by atoms with Gasteiger partial charge in [0.25, 0.3) is 0 Å². The van der Waals surface area contributed by atoms with Crippen molar-refractivity contribution in [2.45, 2.75) is 123 Å². The smallest absolute Gasteiger partial charge is 0.324 e. The molecule has 0 saturated carbocycles. The third-order valence-corrected chi connectivity index (χ3v) is 7.48. The minimum absolute atomic E-state index is 0.651. The van der Waals surface area contributed by atoms with Crippen LogP contribution >= 0.6 is 0 Å². The molecule has 1 unspecified atom stereocenters. The Bertz CT molecular complexity index is 230. The minimum Gasteiger partial charge on any atom is -0.397 e. The van der Waals surface area contributed by atoms with Crippen LogP contribution in [0.5, 0.6) is 0 Å². The summed E-state index contributed by atoms with van der Waals surface area (Å²) in [5.74, 6) is 0. The molecule has 0 aliphatic carbocycles.